The molecule has 2 saturated heterocycles. The van der Waals surface area contributed by atoms with Gasteiger partial charge in [0.2, 0.25) is 23.6 Å². The van der Waals surface area contributed by atoms with E-state index in [-0.39, 0.29) is 35.7 Å². The monoisotopic (exact) mass is 510 g/mol. The van der Waals surface area contributed by atoms with E-state index in [1.807, 2.05) is 95.3 Å². The van der Waals surface area contributed by atoms with Crippen molar-refractivity contribution in [3.05, 3.63) is 71.8 Å². The van der Waals surface area contributed by atoms with Gasteiger partial charge in [-0.3, -0.25) is 29.0 Å². The zero-order valence-corrected chi connectivity index (χ0v) is 22.5. The van der Waals surface area contributed by atoms with Crippen LogP contribution in [0.25, 0.3) is 11.1 Å². The van der Waals surface area contributed by atoms with Crippen LogP contribution in [-0.2, 0) is 19.2 Å². The Bertz CT molecular complexity index is 1320. The molecule has 0 spiro atoms. The van der Waals surface area contributed by atoms with E-state index in [0.717, 1.165) is 22.3 Å². The number of allylic oxidation sites excluding steroid dienone is 2. The van der Waals surface area contributed by atoms with Crippen molar-refractivity contribution in [1.82, 2.24) is 9.80 Å². The molecule has 6 atom stereocenters. The van der Waals surface area contributed by atoms with Gasteiger partial charge in [0.15, 0.2) is 0 Å². The largest absolute Gasteiger partial charge is 0.280 e. The van der Waals surface area contributed by atoms with Gasteiger partial charge in [-0.2, -0.15) is 0 Å². The van der Waals surface area contributed by atoms with Crippen molar-refractivity contribution in [2.45, 2.75) is 53.1 Å². The molecule has 38 heavy (non-hydrogen) atoms. The second kappa shape index (κ2) is 8.48. The molecule has 2 aromatic rings. The summed E-state index contributed by atoms with van der Waals surface area (Å²) in [4.78, 5) is 59.5. The van der Waals surface area contributed by atoms with E-state index < -0.39 is 35.0 Å². The number of amides is 4. The number of likely N-dealkylation sites (tertiary alicyclic amines) is 2. The highest BCUT2D eigenvalue weighted by Gasteiger charge is 2.77. The smallest absolute Gasteiger partial charge is 0.234 e. The average molecular weight is 511 g/mol. The molecule has 3 aliphatic carbocycles. The minimum atomic E-state index is -0.983. The SMILES string of the molecule is CCC12C(c3ccccc3)=C(c3ccccc3)C([C@@H]3C(=O)N(C(C)C)C(=O)[C@H]31)[C@@H]1C(=O)N(C(C)C)C(=O)[C@@H]12. The van der Waals surface area contributed by atoms with Crippen LogP contribution in [0.15, 0.2) is 60.7 Å². The molecule has 0 aromatic heterocycles. The van der Waals surface area contributed by atoms with Crippen molar-refractivity contribution < 1.29 is 19.2 Å². The molecule has 1 saturated carbocycles. The minimum Gasteiger partial charge on any atom is -0.280 e. The third-order valence-corrected chi connectivity index (χ3v) is 9.49. The molecule has 2 aliphatic heterocycles. The van der Waals surface area contributed by atoms with Crippen LogP contribution in [0, 0.1) is 35.0 Å². The number of carbonyl (C=O) groups excluding carboxylic acids is 4. The average Bonchev–Trinajstić information content (AvgIpc) is 3.35. The first-order valence-electron chi connectivity index (χ1n) is 13.8. The summed E-state index contributed by atoms with van der Waals surface area (Å²) in [5.74, 6) is -4.08. The van der Waals surface area contributed by atoms with Gasteiger partial charge in [0.25, 0.3) is 0 Å². The Morgan fingerprint density at radius 3 is 1.45 bits per heavy atom. The summed E-state index contributed by atoms with van der Waals surface area (Å²) < 4.78 is 0. The summed E-state index contributed by atoms with van der Waals surface area (Å²) in [6, 6.07) is 19.3. The van der Waals surface area contributed by atoms with Crippen molar-refractivity contribution >= 4 is 34.8 Å². The van der Waals surface area contributed by atoms with Crippen LogP contribution in [0.4, 0.5) is 0 Å². The maximum atomic E-state index is 14.2. The van der Waals surface area contributed by atoms with Gasteiger partial charge in [0, 0.05) is 23.4 Å². The summed E-state index contributed by atoms with van der Waals surface area (Å²) in [5, 5.41) is 0. The molecule has 2 unspecified atom stereocenters. The quantitative estimate of drug-likeness (QED) is 0.549. The van der Waals surface area contributed by atoms with Crippen LogP contribution >= 0.6 is 0 Å². The molecule has 6 heteroatoms. The lowest BCUT2D eigenvalue weighted by Crippen LogP contribution is -2.60. The first kappa shape index (κ1) is 24.8. The zero-order valence-electron chi connectivity index (χ0n) is 22.5. The van der Waals surface area contributed by atoms with Crippen molar-refractivity contribution in [2.75, 3.05) is 0 Å². The van der Waals surface area contributed by atoms with E-state index >= 15 is 0 Å². The lowest BCUT2D eigenvalue weighted by atomic mass is 9.40. The molecule has 0 radical (unpaired) electrons. The molecule has 2 aromatic carbocycles. The van der Waals surface area contributed by atoms with Crippen molar-refractivity contribution in [3.63, 3.8) is 0 Å². The van der Waals surface area contributed by atoms with Gasteiger partial charge < -0.3 is 0 Å². The van der Waals surface area contributed by atoms with Gasteiger partial charge in [-0.1, -0.05) is 67.6 Å². The van der Waals surface area contributed by atoms with E-state index in [2.05, 4.69) is 0 Å². The topological polar surface area (TPSA) is 74.8 Å². The van der Waals surface area contributed by atoms with Gasteiger partial charge in [0.05, 0.1) is 23.7 Å². The zero-order chi connectivity index (χ0) is 27.1. The van der Waals surface area contributed by atoms with Crippen LogP contribution < -0.4 is 0 Å². The number of nitrogens with zero attached hydrogens (tertiary/aromatic N) is 2. The fourth-order valence-corrected chi connectivity index (χ4v) is 8.36. The normalized spacial score (nSPS) is 32.2. The molecule has 6 nitrogen and oxygen atoms in total. The lowest BCUT2D eigenvalue weighted by Gasteiger charge is -2.59. The van der Waals surface area contributed by atoms with E-state index in [9.17, 15) is 19.2 Å². The first-order chi connectivity index (χ1) is 18.2. The highest BCUT2D eigenvalue weighted by Crippen LogP contribution is 2.73. The third-order valence-electron chi connectivity index (χ3n) is 9.49. The van der Waals surface area contributed by atoms with Crippen molar-refractivity contribution in [2.24, 2.45) is 35.0 Å². The minimum absolute atomic E-state index is 0.205. The fraction of sp³-hybridized carbons (Fsp3) is 0.438. The predicted molar refractivity (Wildman–Crippen MR) is 144 cm³/mol. The van der Waals surface area contributed by atoms with Crippen LogP contribution in [0.1, 0.15) is 52.2 Å². The molecular weight excluding hydrogens is 476 g/mol. The Morgan fingerprint density at radius 1 is 0.632 bits per heavy atom. The Morgan fingerprint density at radius 2 is 1.05 bits per heavy atom. The summed E-state index contributed by atoms with van der Waals surface area (Å²) in [7, 11) is 0. The standard InChI is InChI=1S/C32H34N2O4/c1-6-32-25(20-15-11-8-12-16-20)21(19-13-9-7-10-14-19)22(23-26(32)30(37)33(17(2)3)28(23)35)24-27(32)31(38)34(18(4)5)29(24)36/h7-18,22-24,26-27H,6H2,1-5H3/t22?,23-,24-,26-,27+,32?/m0/s1. The van der Waals surface area contributed by atoms with Gasteiger partial charge in [-0.05, 0) is 56.4 Å². The van der Waals surface area contributed by atoms with Crippen LogP contribution in [-0.4, -0.2) is 45.5 Å². The number of carbonyl (C=O) groups is 4. The lowest BCUT2D eigenvalue weighted by molar-refractivity contribution is -0.146. The maximum Gasteiger partial charge on any atom is 0.234 e. The van der Waals surface area contributed by atoms with E-state index in [4.69, 9.17) is 0 Å². The Balaban J connectivity index is 1.75. The van der Waals surface area contributed by atoms with Crippen LogP contribution in [0.2, 0.25) is 0 Å². The van der Waals surface area contributed by atoms with Crippen molar-refractivity contribution in [1.29, 1.82) is 0 Å². The predicted octanol–water partition coefficient (Wildman–Crippen LogP) is 4.66. The van der Waals surface area contributed by atoms with Gasteiger partial charge >= 0.3 is 0 Å². The summed E-state index contributed by atoms with van der Waals surface area (Å²) >= 11 is 0. The molecule has 7 rings (SSSR count). The van der Waals surface area contributed by atoms with Crippen LogP contribution in [0.5, 0.6) is 0 Å². The van der Waals surface area contributed by atoms with E-state index in [0.29, 0.717) is 6.42 Å². The van der Waals surface area contributed by atoms with Crippen molar-refractivity contribution in [3.8, 4) is 0 Å². The fourth-order valence-electron chi connectivity index (χ4n) is 8.36. The molecular formula is C32H34N2O4. The molecule has 0 N–H and O–H groups in total. The van der Waals surface area contributed by atoms with Gasteiger partial charge in [-0.25, -0.2) is 0 Å². The maximum absolute atomic E-state index is 14.2. The molecule has 3 fully saturated rings. The second-order valence-electron chi connectivity index (χ2n) is 11.7. The molecule has 2 bridgehead atoms. The summed E-state index contributed by atoms with van der Waals surface area (Å²) in [6.07, 6.45) is 0.471. The van der Waals surface area contributed by atoms with Crippen LogP contribution in [0.3, 0.4) is 0 Å². The number of imide groups is 2. The van der Waals surface area contributed by atoms with Gasteiger partial charge in [-0.15, -0.1) is 0 Å². The Hall–Kier alpha value is -3.54. The highest BCUT2D eigenvalue weighted by molar-refractivity contribution is 6.17. The molecule has 4 amide bonds. The second-order valence-corrected chi connectivity index (χ2v) is 11.7. The van der Waals surface area contributed by atoms with E-state index in [1.54, 1.807) is 0 Å². The highest BCUT2D eigenvalue weighted by atomic mass is 16.2. The van der Waals surface area contributed by atoms with E-state index in [1.165, 1.54) is 9.80 Å². The third kappa shape index (κ3) is 2.89. The number of hydrogen-bond donors (Lipinski definition) is 0. The number of rotatable bonds is 5. The first-order valence-corrected chi connectivity index (χ1v) is 13.8. The molecule has 5 aliphatic rings. The molecule has 196 valence electrons. The Kier molecular flexibility index (Phi) is 5.53. The number of benzene rings is 2. The molecule has 2 heterocycles. The Labute approximate surface area is 223 Å². The summed E-state index contributed by atoms with van der Waals surface area (Å²) in [5.41, 5.74) is 2.81. The summed E-state index contributed by atoms with van der Waals surface area (Å²) in [6.45, 7) is 9.44. The van der Waals surface area contributed by atoms with Gasteiger partial charge in [0.1, 0.15) is 0 Å². The number of hydrogen-bond acceptors (Lipinski definition) is 4.